The summed E-state index contributed by atoms with van der Waals surface area (Å²) in [7, 11) is 0. The lowest BCUT2D eigenvalue weighted by Gasteiger charge is -2.19. The molecule has 4 nitrogen and oxygen atoms in total. The summed E-state index contributed by atoms with van der Waals surface area (Å²) in [5, 5.41) is 11.6. The summed E-state index contributed by atoms with van der Waals surface area (Å²) >= 11 is 0. The van der Waals surface area contributed by atoms with Gasteiger partial charge in [0.1, 0.15) is 6.04 Å². The molecule has 0 bridgehead atoms. The fourth-order valence-electron chi connectivity index (χ4n) is 1.54. The highest BCUT2D eigenvalue weighted by atomic mass is 16.4. The molecule has 1 aliphatic rings. The summed E-state index contributed by atoms with van der Waals surface area (Å²) in [6.45, 7) is 6.20. The normalized spacial score (nSPS) is 17.9. The molecule has 1 unspecified atom stereocenters. The average Bonchev–Trinajstić information content (AvgIpc) is 2.92. The van der Waals surface area contributed by atoms with Crippen LogP contribution < -0.4 is 5.32 Å². The largest absolute Gasteiger partial charge is 0.480 e. The van der Waals surface area contributed by atoms with Gasteiger partial charge in [0.25, 0.3) is 0 Å². The molecule has 4 heteroatoms. The highest BCUT2D eigenvalue weighted by Crippen LogP contribution is 2.32. The van der Waals surface area contributed by atoms with E-state index < -0.39 is 12.0 Å². The van der Waals surface area contributed by atoms with Crippen LogP contribution >= 0.6 is 0 Å². The van der Waals surface area contributed by atoms with Gasteiger partial charge in [-0.05, 0) is 30.6 Å². The molecule has 1 fully saturated rings. The first-order valence-corrected chi connectivity index (χ1v) is 5.82. The van der Waals surface area contributed by atoms with Crippen molar-refractivity contribution >= 4 is 11.9 Å². The van der Waals surface area contributed by atoms with Gasteiger partial charge >= 0.3 is 5.97 Å². The van der Waals surface area contributed by atoms with Crippen LogP contribution in [-0.4, -0.2) is 23.0 Å². The van der Waals surface area contributed by atoms with E-state index in [0.29, 0.717) is 6.42 Å². The zero-order chi connectivity index (χ0) is 12.3. The van der Waals surface area contributed by atoms with Crippen molar-refractivity contribution in [3.8, 4) is 0 Å². The molecule has 16 heavy (non-hydrogen) atoms. The van der Waals surface area contributed by atoms with E-state index in [-0.39, 0.29) is 17.2 Å². The molecular weight excluding hydrogens is 206 g/mol. The van der Waals surface area contributed by atoms with Gasteiger partial charge in [0.15, 0.2) is 0 Å². The van der Waals surface area contributed by atoms with Gasteiger partial charge in [0.2, 0.25) is 5.91 Å². The van der Waals surface area contributed by atoms with E-state index in [0.717, 1.165) is 19.3 Å². The van der Waals surface area contributed by atoms with Gasteiger partial charge in [-0.2, -0.15) is 0 Å². The summed E-state index contributed by atoms with van der Waals surface area (Å²) in [4.78, 5) is 22.5. The number of carboxylic acid groups (broad SMARTS) is 1. The van der Waals surface area contributed by atoms with Crippen molar-refractivity contribution < 1.29 is 14.7 Å². The summed E-state index contributed by atoms with van der Waals surface area (Å²) in [5.41, 5.74) is 0.107. The number of carboxylic acids is 1. The SMILES string of the molecule is CC(C)(C)CCC(=O)NC(C(=O)O)C1CC1. The minimum absolute atomic E-state index is 0.107. The van der Waals surface area contributed by atoms with Crippen molar-refractivity contribution in [3.63, 3.8) is 0 Å². The standard InChI is InChI=1S/C12H21NO3/c1-12(2,3)7-6-9(14)13-10(11(15)16)8-4-5-8/h8,10H,4-7H2,1-3H3,(H,13,14)(H,15,16). The second-order valence-corrected chi connectivity index (χ2v) is 5.78. The maximum atomic E-state index is 11.6. The van der Waals surface area contributed by atoms with E-state index in [1.54, 1.807) is 0 Å². The summed E-state index contributed by atoms with van der Waals surface area (Å²) in [6, 6.07) is -0.674. The Labute approximate surface area is 96.4 Å². The number of carbonyl (C=O) groups is 2. The lowest BCUT2D eigenvalue weighted by atomic mass is 9.90. The quantitative estimate of drug-likeness (QED) is 0.752. The smallest absolute Gasteiger partial charge is 0.326 e. The van der Waals surface area contributed by atoms with Crippen LogP contribution in [0.2, 0.25) is 0 Å². The van der Waals surface area contributed by atoms with E-state index in [1.165, 1.54) is 0 Å². The first-order valence-electron chi connectivity index (χ1n) is 5.82. The molecule has 0 aromatic carbocycles. The van der Waals surface area contributed by atoms with Crippen LogP contribution in [0.25, 0.3) is 0 Å². The van der Waals surface area contributed by atoms with Crippen LogP contribution in [0.3, 0.4) is 0 Å². The number of rotatable bonds is 5. The Bertz CT molecular complexity index is 276. The maximum Gasteiger partial charge on any atom is 0.326 e. The van der Waals surface area contributed by atoms with Gasteiger partial charge in [-0.15, -0.1) is 0 Å². The van der Waals surface area contributed by atoms with Crippen LogP contribution in [0.4, 0.5) is 0 Å². The molecule has 0 aromatic heterocycles. The number of aliphatic carboxylic acids is 1. The van der Waals surface area contributed by atoms with Gasteiger partial charge in [-0.1, -0.05) is 20.8 Å². The average molecular weight is 227 g/mol. The van der Waals surface area contributed by atoms with E-state index in [1.807, 2.05) is 0 Å². The van der Waals surface area contributed by atoms with Gasteiger partial charge in [-0.3, -0.25) is 4.79 Å². The Morgan fingerprint density at radius 3 is 2.31 bits per heavy atom. The molecule has 1 rings (SSSR count). The van der Waals surface area contributed by atoms with Crippen molar-refractivity contribution in [2.45, 2.75) is 52.5 Å². The number of nitrogens with one attached hydrogen (secondary N) is 1. The highest BCUT2D eigenvalue weighted by Gasteiger charge is 2.37. The lowest BCUT2D eigenvalue weighted by Crippen LogP contribution is -2.42. The molecule has 1 aliphatic carbocycles. The van der Waals surface area contributed by atoms with Gasteiger partial charge in [-0.25, -0.2) is 4.79 Å². The van der Waals surface area contributed by atoms with Gasteiger partial charge in [0, 0.05) is 6.42 Å². The van der Waals surface area contributed by atoms with Crippen LogP contribution in [0, 0.1) is 11.3 Å². The molecule has 1 atom stereocenters. The van der Waals surface area contributed by atoms with E-state index in [9.17, 15) is 9.59 Å². The Morgan fingerprint density at radius 1 is 1.38 bits per heavy atom. The fourth-order valence-corrected chi connectivity index (χ4v) is 1.54. The van der Waals surface area contributed by atoms with Gasteiger partial charge in [0.05, 0.1) is 0 Å². The Hall–Kier alpha value is -1.06. The number of carbonyl (C=O) groups excluding carboxylic acids is 1. The predicted octanol–water partition coefficient (Wildman–Crippen LogP) is 1.79. The number of hydrogen-bond donors (Lipinski definition) is 2. The Morgan fingerprint density at radius 2 is 1.94 bits per heavy atom. The van der Waals surface area contributed by atoms with Crippen molar-refractivity contribution in [1.29, 1.82) is 0 Å². The molecule has 92 valence electrons. The first kappa shape index (κ1) is 13.0. The maximum absolute atomic E-state index is 11.6. The van der Waals surface area contributed by atoms with Crippen LogP contribution in [0.1, 0.15) is 46.5 Å². The third-order valence-electron chi connectivity index (χ3n) is 2.78. The minimum atomic E-state index is -0.911. The summed E-state index contributed by atoms with van der Waals surface area (Å²) in [6.07, 6.45) is 3.00. The topological polar surface area (TPSA) is 66.4 Å². The summed E-state index contributed by atoms with van der Waals surface area (Å²) < 4.78 is 0. The zero-order valence-corrected chi connectivity index (χ0v) is 10.2. The molecule has 0 spiro atoms. The molecular formula is C12H21NO3. The predicted molar refractivity (Wildman–Crippen MR) is 61.0 cm³/mol. The fraction of sp³-hybridized carbons (Fsp3) is 0.833. The Balaban J connectivity index is 2.34. The lowest BCUT2D eigenvalue weighted by molar-refractivity contribution is -0.142. The van der Waals surface area contributed by atoms with Crippen LogP contribution in [-0.2, 0) is 9.59 Å². The van der Waals surface area contributed by atoms with Crippen molar-refractivity contribution in [2.75, 3.05) is 0 Å². The highest BCUT2D eigenvalue weighted by molar-refractivity contribution is 5.84. The monoisotopic (exact) mass is 227 g/mol. The van der Waals surface area contributed by atoms with Crippen LogP contribution in [0.15, 0.2) is 0 Å². The van der Waals surface area contributed by atoms with Crippen LogP contribution in [0.5, 0.6) is 0 Å². The molecule has 1 amide bonds. The molecule has 0 aliphatic heterocycles. The second-order valence-electron chi connectivity index (χ2n) is 5.78. The van der Waals surface area contributed by atoms with Crippen molar-refractivity contribution in [2.24, 2.45) is 11.3 Å². The zero-order valence-electron chi connectivity index (χ0n) is 10.2. The van der Waals surface area contributed by atoms with E-state index in [2.05, 4.69) is 26.1 Å². The molecule has 1 saturated carbocycles. The van der Waals surface area contributed by atoms with Crippen molar-refractivity contribution in [3.05, 3.63) is 0 Å². The van der Waals surface area contributed by atoms with E-state index >= 15 is 0 Å². The number of amides is 1. The van der Waals surface area contributed by atoms with E-state index in [4.69, 9.17) is 5.11 Å². The second kappa shape index (κ2) is 4.85. The third-order valence-corrected chi connectivity index (χ3v) is 2.78. The molecule has 0 heterocycles. The van der Waals surface area contributed by atoms with Gasteiger partial charge < -0.3 is 10.4 Å². The Kier molecular flexibility index (Phi) is 3.94. The molecule has 0 radical (unpaired) electrons. The third kappa shape index (κ3) is 4.64. The number of hydrogen-bond acceptors (Lipinski definition) is 2. The molecule has 2 N–H and O–H groups in total. The molecule has 0 aromatic rings. The summed E-state index contributed by atoms with van der Waals surface area (Å²) in [5.74, 6) is -0.906. The van der Waals surface area contributed by atoms with Crippen molar-refractivity contribution in [1.82, 2.24) is 5.32 Å². The first-order chi connectivity index (χ1) is 7.29. The minimum Gasteiger partial charge on any atom is -0.480 e. The molecule has 0 saturated heterocycles.